The van der Waals surface area contributed by atoms with Crippen LogP contribution >= 0.6 is 27.5 Å². The number of carbonyl (C=O) groups is 5. The monoisotopic (exact) mass is 804 g/mol. The minimum Gasteiger partial charge on any atom is -0.449 e. The van der Waals surface area contributed by atoms with Gasteiger partial charge in [-0.25, -0.2) is 9.59 Å². The van der Waals surface area contributed by atoms with Gasteiger partial charge in [0.1, 0.15) is 18.7 Å². The number of fused-ring (bicyclic) bond motifs is 4. The van der Waals surface area contributed by atoms with E-state index in [9.17, 15) is 24.0 Å². The number of amides is 3. The number of aromatic amines is 1. The van der Waals surface area contributed by atoms with Crippen LogP contribution in [0.4, 0.5) is 4.79 Å². The standard InChI is InChI=1S/C40H42BrClN4O7/c1-20(2)35(39(50)53-32-18-43-31-17-16-30(41)34(42)33(31)32)46-38(49)28-15-9-14-27(28)36(47)21(3)44-37(48)22(4)45-40(51)52-19-29-25-12-7-5-10-23(25)24-11-6-8-13-26(24)29/h5-8,10-13,16-18,20-22,27-29,35,43H,9,14-15,19H2,1-4H3,(H,44,48)(H,45,51)(H,46,49). The average Bonchev–Trinajstić information content (AvgIpc) is 3.87. The van der Waals surface area contributed by atoms with Crippen molar-refractivity contribution in [1.82, 2.24) is 20.9 Å². The van der Waals surface area contributed by atoms with Crippen molar-refractivity contribution in [3.05, 3.63) is 87.5 Å². The number of Topliss-reactive ketones (excluding diaryl/α,β-unsaturated/α-hetero) is 1. The second-order valence-electron chi connectivity index (χ2n) is 14.1. The summed E-state index contributed by atoms with van der Waals surface area (Å²) in [4.78, 5) is 69.5. The second kappa shape index (κ2) is 16.1. The number of esters is 1. The molecule has 1 saturated carbocycles. The highest BCUT2D eigenvalue weighted by atomic mass is 79.9. The van der Waals surface area contributed by atoms with E-state index in [0.29, 0.717) is 39.7 Å². The Balaban J connectivity index is 1.01. The smallest absolute Gasteiger partial charge is 0.407 e. The van der Waals surface area contributed by atoms with Gasteiger partial charge in [0.15, 0.2) is 11.5 Å². The van der Waals surface area contributed by atoms with Crippen LogP contribution in [-0.2, 0) is 23.9 Å². The van der Waals surface area contributed by atoms with Gasteiger partial charge in [0.2, 0.25) is 11.8 Å². The number of ether oxygens (including phenoxy) is 2. The van der Waals surface area contributed by atoms with Gasteiger partial charge in [0.25, 0.3) is 0 Å². The highest BCUT2D eigenvalue weighted by molar-refractivity contribution is 9.10. The molecule has 2 aliphatic rings. The topological polar surface area (TPSA) is 156 Å². The number of halogens is 2. The van der Waals surface area contributed by atoms with Crippen molar-refractivity contribution < 1.29 is 33.4 Å². The lowest BCUT2D eigenvalue weighted by Crippen LogP contribution is -2.52. The molecular formula is C40H42BrClN4O7. The van der Waals surface area contributed by atoms with Gasteiger partial charge >= 0.3 is 12.1 Å². The maximum absolute atomic E-state index is 13.6. The van der Waals surface area contributed by atoms with E-state index in [-0.39, 0.29) is 30.0 Å². The minimum atomic E-state index is -0.991. The first-order chi connectivity index (χ1) is 25.3. The first-order valence-corrected chi connectivity index (χ1v) is 19.0. The number of H-pyrrole nitrogens is 1. The fraction of sp³-hybridized carbons (Fsp3) is 0.375. The van der Waals surface area contributed by atoms with Crippen molar-refractivity contribution in [2.45, 2.75) is 71.0 Å². The van der Waals surface area contributed by atoms with Gasteiger partial charge in [0, 0.05) is 28.4 Å². The van der Waals surface area contributed by atoms with Crippen LogP contribution in [0.3, 0.4) is 0 Å². The SMILES string of the molecule is CC(NC(=O)OCC1c2ccccc2-c2ccccc21)C(=O)NC(C)C(=O)C1CCCC1C(=O)NC(C(=O)Oc1c[nH]c2ccc(Br)c(Cl)c12)C(C)C. The van der Waals surface area contributed by atoms with Crippen LogP contribution in [0.15, 0.2) is 71.3 Å². The molecule has 0 bridgehead atoms. The summed E-state index contributed by atoms with van der Waals surface area (Å²) in [6.45, 7) is 6.74. The van der Waals surface area contributed by atoms with Gasteiger partial charge in [-0.1, -0.05) is 80.4 Å². The Bertz CT molecular complexity index is 2020. The fourth-order valence-corrected chi connectivity index (χ4v) is 7.95. The normalized spacial score (nSPS) is 18.1. The lowest BCUT2D eigenvalue weighted by molar-refractivity contribution is -0.142. The van der Waals surface area contributed by atoms with Crippen molar-refractivity contribution >= 4 is 68.1 Å². The van der Waals surface area contributed by atoms with Crippen molar-refractivity contribution in [3.8, 4) is 16.9 Å². The molecule has 5 unspecified atom stereocenters. The van der Waals surface area contributed by atoms with Gasteiger partial charge in [0.05, 0.1) is 22.0 Å². The number of ketones is 1. The Labute approximate surface area is 321 Å². The Morgan fingerprint density at radius 3 is 2.15 bits per heavy atom. The molecule has 3 aromatic carbocycles. The van der Waals surface area contributed by atoms with Gasteiger partial charge in [-0.3, -0.25) is 14.4 Å². The summed E-state index contributed by atoms with van der Waals surface area (Å²) < 4.78 is 11.9. The van der Waals surface area contributed by atoms with Crippen LogP contribution in [0.1, 0.15) is 64.0 Å². The molecule has 4 N–H and O–H groups in total. The highest BCUT2D eigenvalue weighted by Gasteiger charge is 2.41. The van der Waals surface area contributed by atoms with Gasteiger partial charge in [-0.15, -0.1) is 0 Å². The van der Waals surface area contributed by atoms with E-state index in [4.69, 9.17) is 21.1 Å². The first kappa shape index (κ1) is 38.1. The number of hydrogen-bond donors (Lipinski definition) is 4. The highest BCUT2D eigenvalue weighted by Crippen LogP contribution is 2.44. The molecule has 1 fully saturated rings. The zero-order valence-corrected chi connectivity index (χ0v) is 32.2. The van der Waals surface area contributed by atoms with Crippen LogP contribution in [-0.4, -0.2) is 59.4 Å². The molecule has 0 saturated heterocycles. The molecule has 13 heteroatoms. The average molecular weight is 806 g/mol. The molecule has 1 aromatic heterocycles. The van der Waals surface area contributed by atoms with Crippen LogP contribution in [0.2, 0.25) is 5.02 Å². The lowest BCUT2D eigenvalue weighted by Gasteiger charge is -2.26. The lowest BCUT2D eigenvalue weighted by atomic mass is 9.87. The Kier molecular flexibility index (Phi) is 11.6. The first-order valence-electron chi connectivity index (χ1n) is 17.8. The van der Waals surface area contributed by atoms with E-state index < -0.39 is 53.8 Å². The molecule has 53 heavy (non-hydrogen) atoms. The van der Waals surface area contributed by atoms with E-state index in [1.165, 1.54) is 13.1 Å². The van der Waals surface area contributed by atoms with E-state index in [1.54, 1.807) is 32.9 Å². The maximum atomic E-state index is 13.6. The molecule has 3 amide bonds. The summed E-state index contributed by atoms with van der Waals surface area (Å²) in [6.07, 6.45) is 2.34. The zero-order chi connectivity index (χ0) is 38.0. The summed E-state index contributed by atoms with van der Waals surface area (Å²) in [5.41, 5.74) is 5.04. The third-order valence-corrected chi connectivity index (χ3v) is 11.5. The third kappa shape index (κ3) is 7.99. The fourth-order valence-electron chi connectivity index (χ4n) is 7.37. The molecule has 1 heterocycles. The summed E-state index contributed by atoms with van der Waals surface area (Å²) in [5, 5.41) is 8.99. The number of nitrogens with one attached hydrogen (secondary N) is 4. The molecule has 0 radical (unpaired) electrons. The van der Waals surface area contributed by atoms with Crippen LogP contribution < -0.4 is 20.7 Å². The summed E-state index contributed by atoms with van der Waals surface area (Å²) in [5.74, 6) is -3.53. The van der Waals surface area contributed by atoms with Crippen LogP contribution in [0.25, 0.3) is 22.0 Å². The number of hydrogen-bond acceptors (Lipinski definition) is 7. The van der Waals surface area contributed by atoms with E-state index in [0.717, 1.165) is 22.3 Å². The van der Waals surface area contributed by atoms with Crippen molar-refractivity contribution in [1.29, 1.82) is 0 Å². The van der Waals surface area contributed by atoms with E-state index in [1.807, 2.05) is 48.5 Å². The molecule has 0 spiro atoms. The Morgan fingerprint density at radius 1 is 0.849 bits per heavy atom. The predicted octanol–water partition coefficient (Wildman–Crippen LogP) is 7.05. The van der Waals surface area contributed by atoms with E-state index >= 15 is 0 Å². The molecule has 0 aliphatic heterocycles. The zero-order valence-electron chi connectivity index (χ0n) is 29.8. The molecule has 11 nitrogen and oxygen atoms in total. The second-order valence-corrected chi connectivity index (χ2v) is 15.3. The third-order valence-electron chi connectivity index (χ3n) is 10.2. The summed E-state index contributed by atoms with van der Waals surface area (Å²) in [6, 6.07) is 16.7. The Hall–Kier alpha value is -4.68. The number of benzene rings is 3. The van der Waals surface area contributed by atoms with Crippen molar-refractivity contribution in [2.24, 2.45) is 17.8 Å². The van der Waals surface area contributed by atoms with Crippen LogP contribution in [0, 0.1) is 17.8 Å². The molecule has 278 valence electrons. The quantitative estimate of drug-likeness (QED) is 0.112. The molecular weight excluding hydrogens is 764 g/mol. The minimum absolute atomic E-state index is 0.0962. The predicted molar refractivity (Wildman–Crippen MR) is 205 cm³/mol. The maximum Gasteiger partial charge on any atom is 0.407 e. The Morgan fingerprint density at radius 2 is 1.49 bits per heavy atom. The molecule has 5 atom stereocenters. The number of carbonyl (C=O) groups excluding carboxylic acids is 5. The van der Waals surface area contributed by atoms with E-state index in [2.05, 4.69) is 36.9 Å². The van der Waals surface area contributed by atoms with Gasteiger partial charge in [-0.2, -0.15) is 0 Å². The van der Waals surface area contributed by atoms with Gasteiger partial charge < -0.3 is 30.4 Å². The number of rotatable bonds is 12. The summed E-state index contributed by atoms with van der Waals surface area (Å²) in [7, 11) is 0. The molecule has 6 rings (SSSR count). The molecule has 4 aromatic rings. The largest absolute Gasteiger partial charge is 0.449 e. The number of alkyl carbamates (subject to hydrolysis) is 1. The summed E-state index contributed by atoms with van der Waals surface area (Å²) >= 11 is 9.85. The molecule has 2 aliphatic carbocycles. The van der Waals surface area contributed by atoms with Crippen molar-refractivity contribution in [2.75, 3.05) is 6.61 Å². The van der Waals surface area contributed by atoms with Crippen LogP contribution in [0.5, 0.6) is 5.75 Å². The van der Waals surface area contributed by atoms with Gasteiger partial charge in [-0.05, 0) is 82.9 Å². The number of aromatic nitrogens is 1. The van der Waals surface area contributed by atoms with Crippen molar-refractivity contribution in [3.63, 3.8) is 0 Å².